The van der Waals surface area contributed by atoms with E-state index in [2.05, 4.69) is 19.9 Å². The van der Waals surface area contributed by atoms with Crippen molar-refractivity contribution in [3.63, 3.8) is 0 Å². The van der Waals surface area contributed by atoms with Crippen LogP contribution < -0.4 is 5.73 Å². The quantitative estimate of drug-likeness (QED) is 0.644. The van der Waals surface area contributed by atoms with Crippen LogP contribution in [-0.2, 0) is 20.7 Å². The Morgan fingerprint density at radius 1 is 1.19 bits per heavy atom. The van der Waals surface area contributed by atoms with Gasteiger partial charge in [0.25, 0.3) is 0 Å². The molecule has 2 N–H and O–H groups in total. The number of nitrogens with zero attached hydrogens (tertiary/aromatic N) is 4. The van der Waals surface area contributed by atoms with Crippen molar-refractivity contribution in [3.8, 4) is 0 Å². The number of nitrogens with two attached hydrogens (primary N) is 1. The van der Waals surface area contributed by atoms with Crippen LogP contribution in [0.1, 0.15) is 35.4 Å². The largest absolute Gasteiger partial charge is 0.463 e. The topological polar surface area (TPSA) is 121 Å². The van der Waals surface area contributed by atoms with Gasteiger partial charge in [0.1, 0.15) is 17.5 Å². The number of carbonyl (C=O) groups is 2. The SMILES string of the molecule is CCOC(=O)/C=C/c1cnc(C)nc1N.Cc1ncc2c(n1)CC(=O)C=C2. The van der Waals surface area contributed by atoms with Gasteiger partial charge in [0, 0.05) is 29.6 Å². The molecule has 0 spiro atoms. The minimum absolute atomic E-state index is 0.112. The Kier molecular flexibility index (Phi) is 6.87. The Morgan fingerprint density at radius 2 is 1.89 bits per heavy atom. The van der Waals surface area contributed by atoms with Gasteiger partial charge >= 0.3 is 5.97 Å². The summed E-state index contributed by atoms with van der Waals surface area (Å²) in [5.41, 5.74) is 8.03. The Labute approximate surface area is 157 Å². The third-order valence-electron chi connectivity index (χ3n) is 3.46. The summed E-state index contributed by atoms with van der Waals surface area (Å²) in [6.45, 7) is 5.66. The predicted octanol–water partition coefficient (Wildman–Crippen LogP) is 1.87. The fourth-order valence-electron chi connectivity index (χ4n) is 2.19. The number of rotatable bonds is 3. The van der Waals surface area contributed by atoms with Crippen LogP contribution in [0.25, 0.3) is 12.2 Å². The highest BCUT2D eigenvalue weighted by molar-refractivity contribution is 5.97. The maximum absolute atomic E-state index is 11.0. The number of esters is 1. The Morgan fingerprint density at radius 3 is 2.59 bits per heavy atom. The van der Waals surface area contributed by atoms with E-state index in [1.54, 1.807) is 38.4 Å². The number of aromatic nitrogens is 4. The van der Waals surface area contributed by atoms with Gasteiger partial charge < -0.3 is 10.5 Å². The van der Waals surface area contributed by atoms with E-state index < -0.39 is 5.97 Å². The van der Waals surface area contributed by atoms with E-state index in [0.29, 0.717) is 30.2 Å². The molecule has 0 fully saturated rings. The van der Waals surface area contributed by atoms with Gasteiger partial charge in [0.05, 0.1) is 18.7 Å². The number of aryl methyl sites for hydroxylation is 2. The third-order valence-corrected chi connectivity index (χ3v) is 3.46. The molecule has 0 bridgehead atoms. The summed E-state index contributed by atoms with van der Waals surface area (Å²) < 4.78 is 4.72. The molecule has 0 aromatic carbocycles. The molecule has 8 nitrogen and oxygen atoms in total. The van der Waals surface area contributed by atoms with Crippen LogP contribution in [0.2, 0.25) is 0 Å². The second-order valence-corrected chi connectivity index (χ2v) is 5.64. The first-order chi connectivity index (χ1) is 12.9. The minimum atomic E-state index is -0.405. The molecule has 8 heteroatoms. The van der Waals surface area contributed by atoms with Crippen molar-refractivity contribution in [2.75, 3.05) is 12.3 Å². The van der Waals surface area contributed by atoms with Crippen molar-refractivity contribution in [2.24, 2.45) is 0 Å². The zero-order chi connectivity index (χ0) is 19.8. The summed E-state index contributed by atoms with van der Waals surface area (Å²) in [6, 6.07) is 0. The smallest absolute Gasteiger partial charge is 0.330 e. The zero-order valence-corrected chi connectivity index (χ0v) is 15.5. The molecule has 1 aliphatic carbocycles. The molecule has 2 heterocycles. The van der Waals surface area contributed by atoms with E-state index >= 15 is 0 Å². The summed E-state index contributed by atoms with van der Waals surface area (Å²) in [7, 11) is 0. The number of carbonyl (C=O) groups excluding carboxylic acids is 2. The van der Waals surface area contributed by atoms with Crippen molar-refractivity contribution in [1.29, 1.82) is 0 Å². The van der Waals surface area contributed by atoms with Crippen molar-refractivity contribution >= 4 is 29.7 Å². The lowest BCUT2D eigenvalue weighted by atomic mass is 10.0. The molecule has 0 saturated carbocycles. The van der Waals surface area contributed by atoms with Crippen LogP contribution in [0.15, 0.2) is 24.5 Å². The number of fused-ring (bicyclic) bond motifs is 1. The summed E-state index contributed by atoms with van der Waals surface area (Å²) in [4.78, 5) is 38.1. The predicted molar refractivity (Wildman–Crippen MR) is 101 cm³/mol. The number of nitrogen functional groups attached to an aromatic ring is 1. The van der Waals surface area contributed by atoms with Crippen LogP contribution in [0.3, 0.4) is 0 Å². The normalized spacial score (nSPS) is 12.3. The van der Waals surface area contributed by atoms with Crippen molar-refractivity contribution in [1.82, 2.24) is 19.9 Å². The molecule has 0 amide bonds. The summed E-state index contributed by atoms with van der Waals surface area (Å²) in [5.74, 6) is 1.37. The number of hydrogen-bond donors (Lipinski definition) is 1. The molecule has 2 aromatic heterocycles. The van der Waals surface area contributed by atoms with Gasteiger partial charge in [-0.25, -0.2) is 24.7 Å². The lowest BCUT2D eigenvalue weighted by Crippen LogP contribution is -2.09. The monoisotopic (exact) mass is 367 g/mol. The molecule has 2 aromatic rings. The fraction of sp³-hybridized carbons (Fsp3) is 0.263. The van der Waals surface area contributed by atoms with E-state index in [1.807, 2.05) is 6.92 Å². The van der Waals surface area contributed by atoms with Crippen LogP contribution in [0.5, 0.6) is 0 Å². The summed E-state index contributed by atoms with van der Waals surface area (Å²) >= 11 is 0. The fourth-order valence-corrected chi connectivity index (χ4v) is 2.19. The van der Waals surface area contributed by atoms with Crippen molar-refractivity contribution in [2.45, 2.75) is 27.2 Å². The van der Waals surface area contributed by atoms with E-state index in [4.69, 9.17) is 10.5 Å². The van der Waals surface area contributed by atoms with Gasteiger partial charge in [-0.15, -0.1) is 0 Å². The van der Waals surface area contributed by atoms with Gasteiger partial charge in [-0.05, 0) is 39.0 Å². The number of hydrogen-bond acceptors (Lipinski definition) is 8. The van der Waals surface area contributed by atoms with Gasteiger partial charge in [-0.2, -0.15) is 0 Å². The van der Waals surface area contributed by atoms with Gasteiger partial charge in [-0.1, -0.05) is 0 Å². The van der Waals surface area contributed by atoms with Gasteiger partial charge in [0.2, 0.25) is 0 Å². The highest BCUT2D eigenvalue weighted by atomic mass is 16.5. The van der Waals surface area contributed by atoms with Crippen molar-refractivity contribution in [3.05, 3.63) is 53.0 Å². The second-order valence-electron chi connectivity index (χ2n) is 5.64. The zero-order valence-electron chi connectivity index (χ0n) is 15.5. The molecule has 0 unspecified atom stereocenters. The second kappa shape index (κ2) is 9.33. The van der Waals surface area contributed by atoms with Crippen LogP contribution >= 0.6 is 0 Å². The molecule has 3 rings (SSSR count). The third kappa shape index (κ3) is 6.10. The first-order valence-corrected chi connectivity index (χ1v) is 8.36. The maximum atomic E-state index is 11.0. The lowest BCUT2D eigenvalue weighted by molar-refractivity contribution is -0.137. The molecule has 0 atom stereocenters. The standard InChI is InChI=1S/C10H13N3O2.C9H8N2O/c1-3-15-9(14)5-4-8-6-12-7(2)13-10(8)11;1-6-10-5-7-2-3-8(12)4-9(7)11-6/h4-6H,3H2,1-2H3,(H2,11,12,13);2-3,5H,4H2,1H3/b5-4+;. The van der Waals surface area contributed by atoms with E-state index in [-0.39, 0.29) is 5.78 Å². The first-order valence-electron chi connectivity index (χ1n) is 8.36. The maximum Gasteiger partial charge on any atom is 0.330 e. The molecule has 0 aliphatic heterocycles. The van der Waals surface area contributed by atoms with E-state index in [9.17, 15) is 9.59 Å². The first kappa shape index (κ1) is 19.9. The molecule has 0 radical (unpaired) electrons. The molecular formula is C19H21N5O3. The Hall–Kier alpha value is -3.42. The van der Waals surface area contributed by atoms with Crippen molar-refractivity contribution < 1.29 is 14.3 Å². The molecular weight excluding hydrogens is 346 g/mol. The highest BCUT2D eigenvalue weighted by Crippen LogP contribution is 2.13. The average molecular weight is 367 g/mol. The lowest BCUT2D eigenvalue weighted by Gasteiger charge is -2.07. The Bertz CT molecular complexity index is 906. The van der Waals surface area contributed by atoms with Crippen LogP contribution in [0.4, 0.5) is 5.82 Å². The number of ketones is 1. The van der Waals surface area contributed by atoms with Crippen LogP contribution in [0, 0.1) is 13.8 Å². The molecule has 0 saturated heterocycles. The molecule has 27 heavy (non-hydrogen) atoms. The van der Waals surface area contributed by atoms with Gasteiger partial charge in [-0.3, -0.25) is 4.79 Å². The highest BCUT2D eigenvalue weighted by Gasteiger charge is 2.11. The Balaban J connectivity index is 0.000000198. The summed E-state index contributed by atoms with van der Waals surface area (Å²) in [6.07, 6.45) is 9.89. The van der Waals surface area contributed by atoms with E-state index in [0.717, 1.165) is 17.1 Å². The van der Waals surface area contributed by atoms with E-state index in [1.165, 1.54) is 12.2 Å². The van der Waals surface area contributed by atoms with Crippen LogP contribution in [-0.4, -0.2) is 38.3 Å². The number of ether oxygens (including phenoxy) is 1. The molecule has 1 aliphatic rings. The average Bonchev–Trinajstić information content (AvgIpc) is 2.61. The molecule has 140 valence electrons. The minimum Gasteiger partial charge on any atom is -0.463 e. The number of anilines is 1. The summed E-state index contributed by atoms with van der Waals surface area (Å²) in [5, 5.41) is 0. The number of allylic oxidation sites excluding steroid dienone is 1. The van der Waals surface area contributed by atoms with Gasteiger partial charge in [0.15, 0.2) is 5.78 Å².